The Morgan fingerprint density at radius 2 is 2.38 bits per heavy atom. The molecule has 0 aromatic carbocycles. The van der Waals surface area contributed by atoms with Gasteiger partial charge in [0.25, 0.3) is 0 Å². The molecule has 0 bridgehead atoms. The lowest BCUT2D eigenvalue weighted by Gasteiger charge is -1.93. The summed E-state index contributed by atoms with van der Waals surface area (Å²) in [6.07, 6.45) is 2.99. The van der Waals surface area contributed by atoms with Gasteiger partial charge < -0.3 is 0 Å². The van der Waals surface area contributed by atoms with E-state index in [0.717, 1.165) is 13.2 Å². The topological polar surface area (TPSA) is 24.4 Å². The first-order valence-corrected chi connectivity index (χ1v) is 3.07. The van der Waals surface area contributed by atoms with E-state index in [1.165, 1.54) is 6.42 Å². The Kier molecular flexibility index (Phi) is 6.32. The van der Waals surface area contributed by atoms with Crippen LogP contribution in [0.25, 0.3) is 0 Å². The molecule has 0 aliphatic rings. The van der Waals surface area contributed by atoms with Crippen molar-refractivity contribution in [3.63, 3.8) is 0 Å². The maximum absolute atomic E-state index is 3.97. The van der Waals surface area contributed by atoms with Crippen LogP contribution in [0.3, 0.4) is 0 Å². The van der Waals surface area contributed by atoms with Gasteiger partial charge in [-0.1, -0.05) is 6.92 Å². The standard InChI is InChI=1S/C6H14N2/c1-3-5-8-6-7-4-2/h4,8H,3,5-6H2,1-2H3/b7-4-. The highest BCUT2D eigenvalue weighted by Gasteiger charge is 1.75. The molecule has 0 saturated heterocycles. The predicted molar refractivity (Wildman–Crippen MR) is 37.3 cm³/mol. The number of hydrogen-bond acceptors (Lipinski definition) is 2. The molecule has 48 valence electrons. The average Bonchev–Trinajstić information content (AvgIpc) is 1.81. The molecule has 0 saturated carbocycles. The second-order valence-electron chi connectivity index (χ2n) is 1.60. The SMILES string of the molecule is C/C=N\CNCCC. The van der Waals surface area contributed by atoms with Crippen LogP contribution in [-0.4, -0.2) is 19.4 Å². The Morgan fingerprint density at radius 1 is 1.62 bits per heavy atom. The maximum Gasteiger partial charge on any atom is 0.0880 e. The Hall–Kier alpha value is -0.370. The molecule has 0 heterocycles. The molecule has 0 atom stereocenters. The third kappa shape index (κ3) is 5.63. The van der Waals surface area contributed by atoms with Crippen LogP contribution < -0.4 is 5.32 Å². The van der Waals surface area contributed by atoms with Crippen LogP contribution in [0, 0.1) is 0 Å². The van der Waals surface area contributed by atoms with Crippen LogP contribution in [-0.2, 0) is 0 Å². The molecule has 0 fully saturated rings. The van der Waals surface area contributed by atoms with Gasteiger partial charge in [0, 0.05) is 0 Å². The monoisotopic (exact) mass is 114 g/mol. The van der Waals surface area contributed by atoms with Crippen molar-refractivity contribution in [2.75, 3.05) is 13.2 Å². The number of hydrogen-bond donors (Lipinski definition) is 1. The molecule has 0 aromatic rings. The summed E-state index contributed by atoms with van der Waals surface area (Å²) in [4.78, 5) is 3.97. The Labute approximate surface area is 51.0 Å². The summed E-state index contributed by atoms with van der Waals surface area (Å²) < 4.78 is 0. The minimum absolute atomic E-state index is 0.768. The first-order valence-electron chi connectivity index (χ1n) is 3.07. The lowest BCUT2D eigenvalue weighted by atomic mass is 10.5. The Balaban J connectivity index is 2.72. The van der Waals surface area contributed by atoms with Crippen molar-refractivity contribution in [2.24, 2.45) is 4.99 Å². The highest BCUT2D eigenvalue weighted by molar-refractivity contribution is 5.52. The van der Waals surface area contributed by atoms with E-state index in [9.17, 15) is 0 Å². The third-order valence-electron chi connectivity index (χ3n) is 0.812. The first-order chi connectivity index (χ1) is 3.91. The van der Waals surface area contributed by atoms with Gasteiger partial charge in [0.2, 0.25) is 0 Å². The van der Waals surface area contributed by atoms with E-state index >= 15 is 0 Å². The smallest absolute Gasteiger partial charge is 0.0880 e. The van der Waals surface area contributed by atoms with Gasteiger partial charge in [-0.3, -0.25) is 10.3 Å². The van der Waals surface area contributed by atoms with Gasteiger partial charge >= 0.3 is 0 Å². The fourth-order valence-electron chi connectivity index (χ4n) is 0.412. The minimum Gasteiger partial charge on any atom is -0.298 e. The van der Waals surface area contributed by atoms with Gasteiger partial charge in [-0.25, -0.2) is 0 Å². The predicted octanol–water partition coefficient (Wildman–Crippen LogP) is 1.03. The molecule has 0 amide bonds. The van der Waals surface area contributed by atoms with Gasteiger partial charge in [0.1, 0.15) is 0 Å². The zero-order valence-electron chi connectivity index (χ0n) is 5.65. The quantitative estimate of drug-likeness (QED) is 0.428. The second-order valence-corrected chi connectivity index (χ2v) is 1.60. The fourth-order valence-corrected chi connectivity index (χ4v) is 0.412. The Morgan fingerprint density at radius 3 is 2.88 bits per heavy atom. The fraction of sp³-hybridized carbons (Fsp3) is 0.833. The van der Waals surface area contributed by atoms with Gasteiger partial charge in [-0.2, -0.15) is 0 Å². The van der Waals surface area contributed by atoms with E-state index in [-0.39, 0.29) is 0 Å². The number of nitrogens with zero attached hydrogens (tertiary/aromatic N) is 1. The lowest BCUT2D eigenvalue weighted by molar-refractivity contribution is 0.691. The molecule has 0 unspecified atom stereocenters. The summed E-state index contributed by atoms with van der Waals surface area (Å²) in [5.41, 5.74) is 0. The van der Waals surface area contributed by atoms with Crippen molar-refractivity contribution in [2.45, 2.75) is 20.3 Å². The van der Waals surface area contributed by atoms with Crippen LogP contribution in [0.2, 0.25) is 0 Å². The number of rotatable bonds is 4. The molecular formula is C6H14N2. The van der Waals surface area contributed by atoms with Crippen molar-refractivity contribution < 1.29 is 0 Å². The largest absolute Gasteiger partial charge is 0.298 e. The van der Waals surface area contributed by atoms with Crippen molar-refractivity contribution in [3.8, 4) is 0 Å². The van der Waals surface area contributed by atoms with E-state index in [0.29, 0.717) is 0 Å². The summed E-state index contributed by atoms with van der Waals surface area (Å²) in [5, 5.41) is 3.14. The van der Waals surface area contributed by atoms with Crippen molar-refractivity contribution >= 4 is 6.21 Å². The molecule has 2 heteroatoms. The highest BCUT2D eigenvalue weighted by Crippen LogP contribution is 1.68. The van der Waals surface area contributed by atoms with Gasteiger partial charge in [-0.15, -0.1) is 0 Å². The van der Waals surface area contributed by atoms with E-state index in [2.05, 4.69) is 17.2 Å². The molecule has 8 heavy (non-hydrogen) atoms. The maximum atomic E-state index is 3.97. The first kappa shape index (κ1) is 7.63. The summed E-state index contributed by atoms with van der Waals surface area (Å²) in [6, 6.07) is 0. The lowest BCUT2D eigenvalue weighted by Crippen LogP contribution is -2.13. The summed E-state index contributed by atoms with van der Waals surface area (Å²) in [7, 11) is 0. The van der Waals surface area contributed by atoms with Crippen molar-refractivity contribution in [1.29, 1.82) is 0 Å². The van der Waals surface area contributed by atoms with Crippen LogP contribution in [0.5, 0.6) is 0 Å². The van der Waals surface area contributed by atoms with E-state index < -0.39 is 0 Å². The minimum atomic E-state index is 0.768. The Bertz CT molecular complexity index is 59.5. The normalized spacial score (nSPS) is 10.8. The van der Waals surface area contributed by atoms with Gasteiger partial charge in [0.05, 0.1) is 6.67 Å². The number of nitrogens with one attached hydrogen (secondary N) is 1. The third-order valence-corrected chi connectivity index (χ3v) is 0.812. The molecule has 0 radical (unpaired) electrons. The molecule has 0 rings (SSSR count). The van der Waals surface area contributed by atoms with E-state index in [1.54, 1.807) is 0 Å². The van der Waals surface area contributed by atoms with Crippen LogP contribution >= 0.6 is 0 Å². The van der Waals surface area contributed by atoms with E-state index in [1.807, 2.05) is 13.1 Å². The second kappa shape index (κ2) is 6.63. The number of aliphatic imine (C=N–C) groups is 1. The van der Waals surface area contributed by atoms with Crippen LogP contribution in [0.1, 0.15) is 20.3 Å². The zero-order valence-corrected chi connectivity index (χ0v) is 5.65. The molecule has 1 N–H and O–H groups in total. The van der Waals surface area contributed by atoms with Crippen molar-refractivity contribution in [1.82, 2.24) is 5.32 Å². The summed E-state index contributed by atoms with van der Waals surface area (Å²) in [6.45, 7) is 5.90. The molecule has 0 aliphatic heterocycles. The molecule has 0 spiro atoms. The van der Waals surface area contributed by atoms with E-state index in [4.69, 9.17) is 0 Å². The molecule has 0 aliphatic carbocycles. The van der Waals surface area contributed by atoms with Gasteiger partial charge in [-0.05, 0) is 26.1 Å². The zero-order chi connectivity index (χ0) is 6.24. The average molecular weight is 114 g/mol. The van der Waals surface area contributed by atoms with Crippen molar-refractivity contribution in [3.05, 3.63) is 0 Å². The highest BCUT2D eigenvalue weighted by atomic mass is 15.0. The van der Waals surface area contributed by atoms with Gasteiger partial charge in [0.15, 0.2) is 0 Å². The summed E-state index contributed by atoms with van der Waals surface area (Å²) >= 11 is 0. The van der Waals surface area contributed by atoms with Crippen LogP contribution in [0.15, 0.2) is 4.99 Å². The molecular weight excluding hydrogens is 100 g/mol. The summed E-state index contributed by atoms with van der Waals surface area (Å²) in [5.74, 6) is 0. The molecule has 2 nitrogen and oxygen atoms in total. The van der Waals surface area contributed by atoms with Crippen LogP contribution in [0.4, 0.5) is 0 Å². The molecule has 0 aromatic heterocycles.